The molecular formula is C6H6BrNO2. The van der Waals surface area contributed by atoms with Gasteiger partial charge in [-0.15, -0.1) is 0 Å². The van der Waals surface area contributed by atoms with E-state index in [0.717, 1.165) is 0 Å². The van der Waals surface area contributed by atoms with Crippen molar-refractivity contribution in [2.75, 3.05) is 5.73 Å². The molecule has 0 atom stereocenters. The minimum Gasteiger partial charge on any atom is -0.458 e. The summed E-state index contributed by atoms with van der Waals surface area (Å²) < 4.78 is 5.46. The number of anilines is 1. The lowest BCUT2D eigenvalue weighted by Crippen LogP contribution is -1.94. The molecule has 0 saturated heterocycles. The quantitative estimate of drug-likeness (QED) is 0.709. The zero-order valence-corrected chi connectivity index (χ0v) is 6.94. The van der Waals surface area contributed by atoms with Crippen molar-refractivity contribution >= 4 is 27.4 Å². The molecule has 2 N–H and O–H groups in total. The Morgan fingerprint density at radius 2 is 2.40 bits per heavy atom. The summed E-state index contributed by atoms with van der Waals surface area (Å²) in [6, 6.07) is 0. The predicted octanol–water partition coefficient (Wildman–Crippen LogP) is 1.83. The number of rotatable bonds is 1. The fraction of sp³-hybridized carbons (Fsp3) is 0.167. The minimum atomic E-state index is -0.164. The summed E-state index contributed by atoms with van der Waals surface area (Å²) in [5.41, 5.74) is 5.81. The van der Waals surface area contributed by atoms with E-state index in [9.17, 15) is 4.79 Å². The molecule has 1 heterocycles. The van der Waals surface area contributed by atoms with E-state index in [4.69, 9.17) is 10.2 Å². The van der Waals surface area contributed by atoms with E-state index in [-0.39, 0.29) is 11.5 Å². The van der Waals surface area contributed by atoms with Crippen LogP contribution < -0.4 is 5.73 Å². The summed E-state index contributed by atoms with van der Waals surface area (Å²) >= 11 is 3.11. The van der Waals surface area contributed by atoms with E-state index in [1.165, 1.54) is 13.2 Å². The van der Waals surface area contributed by atoms with E-state index in [1.807, 2.05) is 0 Å². The number of halogens is 1. The molecule has 1 rings (SSSR count). The summed E-state index contributed by atoms with van der Waals surface area (Å²) in [5, 5.41) is 0. The van der Waals surface area contributed by atoms with Crippen LogP contribution in [0.2, 0.25) is 0 Å². The van der Waals surface area contributed by atoms with Crippen LogP contribution in [0.3, 0.4) is 0 Å². The van der Waals surface area contributed by atoms with Gasteiger partial charge in [0.05, 0.1) is 10.2 Å². The highest BCUT2D eigenvalue weighted by Crippen LogP contribution is 2.25. The number of furan rings is 1. The van der Waals surface area contributed by atoms with Gasteiger partial charge in [-0.2, -0.15) is 0 Å². The molecule has 54 valence electrons. The summed E-state index contributed by atoms with van der Waals surface area (Å²) in [6.07, 6.45) is 1.39. The maximum absolute atomic E-state index is 10.7. The Morgan fingerprint density at radius 3 is 2.60 bits per heavy atom. The number of hydrogen-bond donors (Lipinski definition) is 1. The second-order valence-corrected chi connectivity index (χ2v) is 2.74. The van der Waals surface area contributed by atoms with Gasteiger partial charge in [0.1, 0.15) is 6.26 Å². The van der Waals surface area contributed by atoms with Crippen LogP contribution in [0.1, 0.15) is 17.5 Å². The van der Waals surface area contributed by atoms with Gasteiger partial charge < -0.3 is 10.2 Å². The monoisotopic (exact) mass is 203 g/mol. The smallest absolute Gasteiger partial charge is 0.197 e. The van der Waals surface area contributed by atoms with Gasteiger partial charge in [-0.25, -0.2) is 0 Å². The second-order valence-electron chi connectivity index (χ2n) is 1.88. The number of carbonyl (C=O) groups excluding carboxylic acids is 1. The van der Waals surface area contributed by atoms with Crippen LogP contribution in [0.5, 0.6) is 0 Å². The highest BCUT2D eigenvalue weighted by Gasteiger charge is 2.11. The molecule has 0 aromatic carbocycles. The first-order chi connectivity index (χ1) is 4.63. The van der Waals surface area contributed by atoms with Crippen LogP contribution in [0.4, 0.5) is 5.69 Å². The molecule has 4 heteroatoms. The van der Waals surface area contributed by atoms with Crippen LogP contribution in [-0.4, -0.2) is 5.78 Å². The fourth-order valence-electron chi connectivity index (χ4n) is 0.619. The van der Waals surface area contributed by atoms with Crippen molar-refractivity contribution < 1.29 is 9.21 Å². The highest BCUT2D eigenvalue weighted by molar-refractivity contribution is 9.10. The second kappa shape index (κ2) is 2.46. The van der Waals surface area contributed by atoms with Crippen LogP contribution >= 0.6 is 15.9 Å². The molecular weight excluding hydrogens is 198 g/mol. The van der Waals surface area contributed by atoms with Gasteiger partial charge in [-0.05, 0) is 15.9 Å². The number of Topliss-reactive ketones (excluding diaryl/α,β-unsaturated/α-hetero) is 1. The van der Waals surface area contributed by atoms with Gasteiger partial charge in [-0.1, -0.05) is 0 Å². The third-order valence-electron chi connectivity index (χ3n) is 1.10. The third-order valence-corrected chi connectivity index (χ3v) is 1.72. The molecule has 0 spiro atoms. The molecule has 0 amide bonds. The number of ketones is 1. The van der Waals surface area contributed by atoms with E-state index < -0.39 is 0 Å². The SMILES string of the molecule is CC(=O)c1occ(Br)c1N. The molecule has 0 unspecified atom stereocenters. The Labute approximate surface area is 66.3 Å². The van der Waals surface area contributed by atoms with Crippen molar-refractivity contribution in [3.8, 4) is 0 Å². The molecule has 0 saturated carbocycles. The normalized spacial score (nSPS) is 9.80. The molecule has 1 aromatic rings. The Morgan fingerprint density at radius 1 is 1.80 bits per heavy atom. The maximum atomic E-state index is 10.7. The summed E-state index contributed by atoms with van der Waals surface area (Å²) in [6.45, 7) is 1.40. The number of carbonyl (C=O) groups is 1. The predicted molar refractivity (Wildman–Crippen MR) is 40.8 cm³/mol. The standard InChI is InChI=1S/C6H6BrNO2/c1-3(9)6-5(8)4(7)2-10-6/h2H,8H2,1H3. The first-order valence-corrected chi connectivity index (χ1v) is 3.45. The molecule has 1 aromatic heterocycles. The average Bonchev–Trinajstić information content (AvgIpc) is 2.14. The van der Waals surface area contributed by atoms with Gasteiger partial charge in [0.2, 0.25) is 0 Å². The van der Waals surface area contributed by atoms with Crippen LogP contribution in [0.15, 0.2) is 15.2 Å². The van der Waals surface area contributed by atoms with Gasteiger partial charge in [-0.3, -0.25) is 4.79 Å². The van der Waals surface area contributed by atoms with E-state index in [0.29, 0.717) is 10.2 Å². The van der Waals surface area contributed by atoms with Gasteiger partial charge in [0, 0.05) is 6.92 Å². The number of nitrogens with two attached hydrogens (primary N) is 1. The zero-order valence-electron chi connectivity index (χ0n) is 5.35. The topological polar surface area (TPSA) is 56.2 Å². The maximum Gasteiger partial charge on any atom is 0.197 e. The minimum absolute atomic E-state index is 0.164. The first-order valence-electron chi connectivity index (χ1n) is 2.66. The van der Waals surface area contributed by atoms with Crippen molar-refractivity contribution in [2.24, 2.45) is 0 Å². The lowest BCUT2D eigenvalue weighted by atomic mass is 10.3. The lowest BCUT2D eigenvalue weighted by Gasteiger charge is -1.88. The van der Waals surface area contributed by atoms with Gasteiger partial charge >= 0.3 is 0 Å². The molecule has 0 aliphatic heterocycles. The summed E-state index contributed by atoms with van der Waals surface area (Å²) in [7, 11) is 0. The molecule has 3 nitrogen and oxygen atoms in total. The van der Waals surface area contributed by atoms with E-state index >= 15 is 0 Å². The van der Waals surface area contributed by atoms with Crippen molar-refractivity contribution in [1.82, 2.24) is 0 Å². The van der Waals surface area contributed by atoms with Gasteiger partial charge in [0.25, 0.3) is 0 Å². The third kappa shape index (κ3) is 1.07. The largest absolute Gasteiger partial charge is 0.458 e. The van der Waals surface area contributed by atoms with Crippen molar-refractivity contribution in [3.63, 3.8) is 0 Å². The number of hydrogen-bond acceptors (Lipinski definition) is 3. The highest BCUT2D eigenvalue weighted by atomic mass is 79.9. The Kier molecular flexibility index (Phi) is 1.80. The van der Waals surface area contributed by atoms with Crippen LogP contribution in [0, 0.1) is 0 Å². The Hall–Kier alpha value is -0.770. The summed E-state index contributed by atoms with van der Waals surface area (Å²) in [5.74, 6) is 0.0510. The van der Waals surface area contributed by atoms with E-state index in [2.05, 4.69) is 15.9 Å². The zero-order chi connectivity index (χ0) is 7.72. The van der Waals surface area contributed by atoms with Crippen molar-refractivity contribution in [2.45, 2.75) is 6.92 Å². The molecule has 0 aliphatic rings. The Balaban J connectivity index is 3.17. The number of nitrogen functional groups attached to an aromatic ring is 1. The van der Waals surface area contributed by atoms with Gasteiger partial charge in [0.15, 0.2) is 11.5 Å². The fourth-order valence-corrected chi connectivity index (χ4v) is 0.892. The van der Waals surface area contributed by atoms with Crippen LogP contribution in [0.25, 0.3) is 0 Å². The van der Waals surface area contributed by atoms with Crippen LogP contribution in [-0.2, 0) is 0 Å². The summed E-state index contributed by atoms with van der Waals surface area (Å²) in [4.78, 5) is 10.7. The average molecular weight is 204 g/mol. The molecule has 0 aliphatic carbocycles. The molecule has 0 bridgehead atoms. The van der Waals surface area contributed by atoms with E-state index in [1.54, 1.807) is 0 Å². The lowest BCUT2D eigenvalue weighted by molar-refractivity contribution is 0.0988. The molecule has 10 heavy (non-hydrogen) atoms. The van der Waals surface area contributed by atoms with Crippen molar-refractivity contribution in [3.05, 3.63) is 16.5 Å². The Bertz CT molecular complexity index is 267. The van der Waals surface area contributed by atoms with Crippen molar-refractivity contribution in [1.29, 1.82) is 0 Å². The first kappa shape index (κ1) is 7.34. The molecule has 0 radical (unpaired) electrons. The molecule has 0 fully saturated rings.